The van der Waals surface area contributed by atoms with Crippen molar-refractivity contribution in [3.05, 3.63) is 45.6 Å². The van der Waals surface area contributed by atoms with E-state index in [4.69, 9.17) is 15.2 Å². The summed E-state index contributed by atoms with van der Waals surface area (Å²) in [7, 11) is 1.52. The number of nitrogens with two attached hydrogens (primary N) is 1. The zero-order valence-electron chi connectivity index (χ0n) is 14.4. The van der Waals surface area contributed by atoms with Crippen LogP contribution in [0.4, 0.5) is 0 Å². The minimum absolute atomic E-state index is 0.178. The van der Waals surface area contributed by atoms with E-state index < -0.39 is 23.8 Å². The van der Waals surface area contributed by atoms with Gasteiger partial charge in [-0.25, -0.2) is 0 Å². The van der Waals surface area contributed by atoms with Crippen molar-refractivity contribution < 1.29 is 23.9 Å². The third-order valence-electron chi connectivity index (χ3n) is 4.14. The van der Waals surface area contributed by atoms with Gasteiger partial charge in [0.2, 0.25) is 5.91 Å². The Morgan fingerprint density at radius 1 is 1.19 bits per heavy atom. The third-order valence-corrected chi connectivity index (χ3v) is 4.88. The summed E-state index contributed by atoms with van der Waals surface area (Å²) in [4.78, 5) is 38.1. The first kappa shape index (κ1) is 17.9. The molecule has 0 aliphatic carbocycles. The number of ether oxygens (including phenoxy) is 2. The Morgan fingerprint density at radius 3 is 2.38 bits per heavy atom. The molecule has 7 nitrogen and oxygen atoms in total. The molecular formula is C18H18N2O5S. The summed E-state index contributed by atoms with van der Waals surface area (Å²) >= 11 is 1.29. The van der Waals surface area contributed by atoms with Crippen LogP contribution in [-0.4, -0.2) is 36.3 Å². The van der Waals surface area contributed by atoms with Crippen LogP contribution < -0.4 is 15.2 Å². The van der Waals surface area contributed by atoms with Gasteiger partial charge in [0.25, 0.3) is 11.8 Å². The summed E-state index contributed by atoms with van der Waals surface area (Å²) in [5.74, 6) is -0.474. The average Bonchev–Trinajstić information content (AvgIpc) is 3.18. The van der Waals surface area contributed by atoms with E-state index in [9.17, 15) is 14.4 Å². The van der Waals surface area contributed by atoms with E-state index in [1.54, 1.807) is 29.0 Å². The highest BCUT2D eigenvalue weighted by atomic mass is 32.1. The maximum Gasteiger partial charge on any atom is 0.262 e. The van der Waals surface area contributed by atoms with Gasteiger partial charge < -0.3 is 15.2 Å². The molecule has 1 unspecified atom stereocenters. The van der Waals surface area contributed by atoms with Gasteiger partial charge in [0, 0.05) is 10.8 Å². The van der Waals surface area contributed by atoms with Crippen molar-refractivity contribution in [3.8, 4) is 11.5 Å². The van der Waals surface area contributed by atoms with Crippen LogP contribution in [0.25, 0.3) is 0 Å². The Morgan fingerprint density at radius 2 is 1.85 bits per heavy atom. The van der Waals surface area contributed by atoms with Crippen molar-refractivity contribution in [1.82, 2.24) is 4.90 Å². The van der Waals surface area contributed by atoms with Gasteiger partial charge in [0.15, 0.2) is 11.5 Å². The molecular weight excluding hydrogens is 356 g/mol. The lowest BCUT2D eigenvalue weighted by molar-refractivity contribution is -0.118. The first-order chi connectivity index (χ1) is 12.5. The molecule has 1 aromatic carbocycles. The van der Waals surface area contributed by atoms with Crippen LogP contribution in [0.15, 0.2) is 29.0 Å². The van der Waals surface area contributed by atoms with Crippen LogP contribution in [-0.2, 0) is 4.79 Å². The van der Waals surface area contributed by atoms with Crippen molar-refractivity contribution in [2.45, 2.75) is 19.4 Å². The summed E-state index contributed by atoms with van der Waals surface area (Å²) in [6.07, 6.45) is -0.178. The summed E-state index contributed by atoms with van der Waals surface area (Å²) < 4.78 is 10.8. The maximum absolute atomic E-state index is 12.7. The molecule has 136 valence electrons. The van der Waals surface area contributed by atoms with Crippen molar-refractivity contribution >= 4 is 29.1 Å². The predicted octanol–water partition coefficient (Wildman–Crippen LogP) is 2.37. The molecule has 3 amide bonds. The number of methoxy groups -OCH3 is 1. The molecule has 1 atom stereocenters. The number of rotatable bonds is 7. The fourth-order valence-corrected chi connectivity index (χ4v) is 3.78. The number of benzene rings is 1. The third kappa shape index (κ3) is 3.03. The Bertz CT molecular complexity index is 846. The number of nitrogens with zero attached hydrogens (tertiary/aromatic N) is 1. The lowest BCUT2D eigenvalue weighted by atomic mass is 10.0. The van der Waals surface area contributed by atoms with Gasteiger partial charge in [0.05, 0.1) is 37.3 Å². The second-order valence-electron chi connectivity index (χ2n) is 5.71. The lowest BCUT2D eigenvalue weighted by Gasteiger charge is -2.26. The number of imide groups is 1. The molecule has 1 aliphatic heterocycles. The quantitative estimate of drug-likeness (QED) is 0.750. The van der Waals surface area contributed by atoms with E-state index in [0.717, 1.165) is 4.90 Å². The number of hydrogen-bond donors (Lipinski definition) is 1. The monoisotopic (exact) mass is 374 g/mol. The van der Waals surface area contributed by atoms with Crippen molar-refractivity contribution in [2.24, 2.45) is 5.73 Å². The summed E-state index contributed by atoms with van der Waals surface area (Å²) in [6.45, 7) is 2.25. The van der Waals surface area contributed by atoms with E-state index in [1.165, 1.54) is 18.4 Å². The molecule has 0 fully saturated rings. The van der Waals surface area contributed by atoms with Gasteiger partial charge in [-0.2, -0.15) is 11.3 Å². The maximum atomic E-state index is 12.7. The Balaban J connectivity index is 2.03. The highest BCUT2D eigenvalue weighted by Gasteiger charge is 2.41. The molecule has 1 aromatic heterocycles. The first-order valence-electron chi connectivity index (χ1n) is 8.01. The standard InChI is InChI=1S/C18H18N2O5S/c1-3-25-15-6-10(4-5-14(15)24-2)13(7-16(19)21)20-17(22)11-8-26-9-12(11)18(20)23/h4-6,8-9,13H,3,7H2,1-2H3,(H2,19,21). The van der Waals surface area contributed by atoms with Gasteiger partial charge in [-0.15, -0.1) is 0 Å². The van der Waals surface area contributed by atoms with Crippen molar-refractivity contribution in [1.29, 1.82) is 0 Å². The molecule has 1 aliphatic rings. The molecule has 0 bridgehead atoms. The van der Waals surface area contributed by atoms with Crippen LogP contribution >= 0.6 is 11.3 Å². The van der Waals surface area contributed by atoms with E-state index in [0.29, 0.717) is 34.8 Å². The smallest absolute Gasteiger partial charge is 0.262 e. The normalized spacial score (nSPS) is 14.3. The number of carbonyl (C=O) groups excluding carboxylic acids is 3. The van der Waals surface area contributed by atoms with E-state index in [2.05, 4.69) is 0 Å². The first-order valence-corrected chi connectivity index (χ1v) is 8.95. The fraction of sp³-hybridized carbons (Fsp3) is 0.278. The molecule has 0 radical (unpaired) electrons. The molecule has 3 rings (SSSR count). The zero-order valence-corrected chi connectivity index (χ0v) is 15.2. The number of fused-ring (bicyclic) bond motifs is 1. The summed E-state index contributed by atoms with van der Waals surface area (Å²) in [5.41, 5.74) is 6.66. The Labute approximate surface area is 154 Å². The van der Waals surface area contributed by atoms with E-state index >= 15 is 0 Å². The predicted molar refractivity (Wildman–Crippen MR) is 95.5 cm³/mol. The summed E-state index contributed by atoms with van der Waals surface area (Å²) in [6, 6.07) is 4.23. The van der Waals surface area contributed by atoms with E-state index in [1.807, 2.05) is 6.92 Å². The minimum atomic E-state index is -0.810. The fourth-order valence-electron chi connectivity index (χ4n) is 2.98. The zero-order chi connectivity index (χ0) is 18.8. The average molecular weight is 374 g/mol. The highest BCUT2D eigenvalue weighted by molar-refractivity contribution is 7.08. The van der Waals surface area contributed by atoms with Crippen LogP contribution in [0, 0.1) is 0 Å². The van der Waals surface area contributed by atoms with Crippen LogP contribution in [0.5, 0.6) is 11.5 Å². The number of primary amides is 1. The van der Waals surface area contributed by atoms with Gasteiger partial charge in [-0.3, -0.25) is 19.3 Å². The summed E-state index contributed by atoms with van der Waals surface area (Å²) in [5, 5.41) is 3.27. The van der Waals surface area contributed by atoms with Crippen LogP contribution in [0.2, 0.25) is 0 Å². The lowest BCUT2D eigenvalue weighted by Crippen LogP contribution is -2.36. The Hall–Kier alpha value is -2.87. The van der Waals surface area contributed by atoms with Crippen molar-refractivity contribution in [2.75, 3.05) is 13.7 Å². The second-order valence-corrected chi connectivity index (χ2v) is 6.45. The number of carbonyl (C=O) groups is 3. The van der Waals surface area contributed by atoms with Gasteiger partial charge in [-0.1, -0.05) is 6.07 Å². The van der Waals surface area contributed by atoms with E-state index in [-0.39, 0.29) is 6.42 Å². The largest absolute Gasteiger partial charge is 0.493 e. The van der Waals surface area contributed by atoms with Gasteiger partial charge in [-0.05, 0) is 24.6 Å². The molecule has 0 saturated carbocycles. The SMILES string of the molecule is CCOc1cc(C(CC(N)=O)N2C(=O)c3cscc3C2=O)ccc1OC. The molecule has 2 heterocycles. The molecule has 2 N–H and O–H groups in total. The van der Waals surface area contributed by atoms with Crippen LogP contribution in [0.1, 0.15) is 45.7 Å². The van der Waals surface area contributed by atoms with Gasteiger partial charge in [0.1, 0.15) is 0 Å². The molecule has 26 heavy (non-hydrogen) atoms. The number of amides is 3. The number of hydrogen-bond acceptors (Lipinski definition) is 6. The molecule has 2 aromatic rings. The van der Waals surface area contributed by atoms with Gasteiger partial charge >= 0.3 is 0 Å². The molecule has 0 spiro atoms. The molecule has 0 saturated heterocycles. The minimum Gasteiger partial charge on any atom is -0.493 e. The Kier molecular flexibility index (Phi) is 4.94. The number of thiophene rings is 1. The molecule has 8 heteroatoms. The van der Waals surface area contributed by atoms with Crippen molar-refractivity contribution in [3.63, 3.8) is 0 Å². The van der Waals surface area contributed by atoms with Crippen LogP contribution in [0.3, 0.4) is 0 Å². The highest BCUT2D eigenvalue weighted by Crippen LogP contribution is 2.38. The second kappa shape index (κ2) is 7.17. The topological polar surface area (TPSA) is 98.9 Å².